The number of rotatable bonds is 5. The maximum Gasteiger partial charge on any atom is 0.418 e. The molecule has 7 heteroatoms. The maximum absolute atomic E-state index is 12.2. The minimum Gasteiger partial charge on any atom is -0.410 e. The van der Waals surface area contributed by atoms with Gasteiger partial charge in [0.15, 0.2) is 5.82 Å². The minimum atomic E-state index is -0.658. The molecule has 3 aromatic rings. The summed E-state index contributed by atoms with van der Waals surface area (Å²) < 4.78 is 11.9. The maximum atomic E-state index is 12.2. The van der Waals surface area contributed by atoms with Crippen molar-refractivity contribution >= 4 is 23.5 Å². The van der Waals surface area contributed by atoms with Crippen LogP contribution in [0.15, 0.2) is 60.7 Å². The van der Waals surface area contributed by atoms with Crippen LogP contribution in [0.4, 0.5) is 10.6 Å². The highest BCUT2D eigenvalue weighted by molar-refractivity contribution is 6.34. The summed E-state index contributed by atoms with van der Waals surface area (Å²) in [5.41, 5.74) is 1.27. The summed E-state index contributed by atoms with van der Waals surface area (Å²) >= 11 is 6.37. The molecule has 0 aliphatic heterocycles. The molecule has 0 bridgehead atoms. The van der Waals surface area contributed by atoms with Gasteiger partial charge in [-0.3, -0.25) is 5.32 Å². The fourth-order valence-electron chi connectivity index (χ4n) is 2.25. The number of benzene rings is 2. The number of hydrogen-bond donors (Lipinski definition) is 1. The molecule has 6 nitrogen and oxygen atoms in total. The Morgan fingerprint density at radius 1 is 1.12 bits per heavy atom. The second-order valence-electron chi connectivity index (χ2n) is 5.12. The van der Waals surface area contributed by atoms with Crippen LogP contribution in [-0.4, -0.2) is 23.0 Å². The Bertz CT molecular complexity index is 851. The summed E-state index contributed by atoms with van der Waals surface area (Å²) in [7, 11) is 1.55. The van der Waals surface area contributed by atoms with Crippen molar-refractivity contribution in [2.75, 3.05) is 12.4 Å². The molecule has 0 atom stereocenters. The SMILES string of the molecule is COCc1nn(-c2ccccc2)c(NC(=O)Oc2ccccc2)c1Cl. The van der Waals surface area contributed by atoms with Gasteiger partial charge in [-0.15, -0.1) is 0 Å². The van der Waals surface area contributed by atoms with Gasteiger partial charge >= 0.3 is 6.09 Å². The minimum absolute atomic E-state index is 0.223. The van der Waals surface area contributed by atoms with Crippen molar-refractivity contribution in [3.8, 4) is 11.4 Å². The molecule has 1 amide bonds. The van der Waals surface area contributed by atoms with E-state index in [-0.39, 0.29) is 6.61 Å². The molecule has 0 aliphatic carbocycles. The van der Waals surface area contributed by atoms with Gasteiger partial charge < -0.3 is 9.47 Å². The first kappa shape index (κ1) is 17.0. The number of halogens is 1. The number of anilines is 1. The molecule has 0 saturated carbocycles. The monoisotopic (exact) mass is 357 g/mol. The first-order valence-electron chi connectivity index (χ1n) is 7.54. The zero-order chi connectivity index (χ0) is 17.6. The summed E-state index contributed by atoms with van der Waals surface area (Å²) in [6.07, 6.45) is -0.658. The number of hydrogen-bond acceptors (Lipinski definition) is 4. The van der Waals surface area contributed by atoms with Crippen molar-refractivity contribution in [3.63, 3.8) is 0 Å². The smallest absolute Gasteiger partial charge is 0.410 e. The quantitative estimate of drug-likeness (QED) is 0.740. The second kappa shape index (κ2) is 7.83. The van der Waals surface area contributed by atoms with E-state index in [2.05, 4.69) is 10.4 Å². The van der Waals surface area contributed by atoms with E-state index < -0.39 is 6.09 Å². The third kappa shape index (κ3) is 3.99. The number of amides is 1. The average molecular weight is 358 g/mol. The van der Waals surface area contributed by atoms with Crippen LogP contribution in [-0.2, 0) is 11.3 Å². The van der Waals surface area contributed by atoms with Crippen LogP contribution in [0, 0.1) is 0 Å². The van der Waals surface area contributed by atoms with Crippen molar-refractivity contribution in [3.05, 3.63) is 71.4 Å². The Morgan fingerprint density at radius 3 is 2.40 bits per heavy atom. The highest BCUT2D eigenvalue weighted by atomic mass is 35.5. The third-order valence-electron chi connectivity index (χ3n) is 3.35. The first-order chi connectivity index (χ1) is 12.2. The highest BCUT2D eigenvalue weighted by Crippen LogP contribution is 2.29. The van der Waals surface area contributed by atoms with Gasteiger partial charge in [-0.05, 0) is 24.3 Å². The highest BCUT2D eigenvalue weighted by Gasteiger charge is 2.20. The second-order valence-corrected chi connectivity index (χ2v) is 5.50. The molecule has 2 aromatic carbocycles. The van der Waals surface area contributed by atoms with Crippen molar-refractivity contribution < 1.29 is 14.3 Å². The largest absolute Gasteiger partial charge is 0.418 e. The summed E-state index contributed by atoms with van der Waals surface area (Å²) in [6, 6.07) is 18.1. The molecule has 0 radical (unpaired) electrons. The molecule has 1 aromatic heterocycles. The lowest BCUT2D eigenvalue weighted by Gasteiger charge is -2.09. The molecule has 0 saturated heterocycles. The van der Waals surface area contributed by atoms with Crippen LogP contribution < -0.4 is 10.1 Å². The number of carbonyl (C=O) groups is 1. The standard InChI is InChI=1S/C18H16ClN3O3/c1-24-12-15-16(19)17(22(21-15)13-8-4-2-5-9-13)20-18(23)25-14-10-6-3-7-11-14/h2-11H,12H2,1H3,(H,20,23). The van der Waals surface area contributed by atoms with Crippen LogP contribution in [0.5, 0.6) is 5.75 Å². The number of nitrogens with one attached hydrogen (secondary N) is 1. The van der Waals surface area contributed by atoms with E-state index in [1.54, 1.807) is 36.1 Å². The average Bonchev–Trinajstić information content (AvgIpc) is 2.93. The predicted molar refractivity (Wildman–Crippen MR) is 95.4 cm³/mol. The van der Waals surface area contributed by atoms with Crippen LogP contribution in [0.25, 0.3) is 5.69 Å². The molecule has 0 fully saturated rings. The van der Waals surface area contributed by atoms with Gasteiger partial charge in [0.25, 0.3) is 0 Å². The summed E-state index contributed by atoms with van der Waals surface area (Å²) in [6.45, 7) is 0.223. The van der Waals surface area contributed by atoms with Gasteiger partial charge in [-0.25, -0.2) is 9.48 Å². The molecule has 0 aliphatic rings. The lowest BCUT2D eigenvalue weighted by atomic mass is 10.3. The van der Waals surface area contributed by atoms with E-state index in [0.717, 1.165) is 5.69 Å². The third-order valence-corrected chi connectivity index (χ3v) is 3.75. The van der Waals surface area contributed by atoms with E-state index in [1.807, 2.05) is 36.4 Å². The molecular formula is C18H16ClN3O3. The normalized spacial score (nSPS) is 10.5. The summed E-state index contributed by atoms with van der Waals surface area (Å²) in [4.78, 5) is 12.2. The molecule has 0 unspecified atom stereocenters. The van der Waals surface area contributed by atoms with Crippen LogP contribution in [0.1, 0.15) is 5.69 Å². The zero-order valence-corrected chi connectivity index (χ0v) is 14.2. The number of aromatic nitrogens is 2. The van der Waals surface area contributed by atoms with E-state index in [4.69, 9.17) is 21.1 Å². The lowest BCUT2D eigenvalue weighted by molar-refractivity contribution is 0.181. The van der Waals surface area contributed by atoms with Crippen LogP contribution in [0.3, 0.4) is 0 Å². The van der Waals surface area contributed by atoms with E-state index >= 15 is 0 Å². The number of para-hydroxylation sites is 2. The number of methoxy groups -OCH3 is 1. The van der Waals surface area contributed by atoms with Gasteiger partial charge in [-0.1, -0.05) is 48.0 Å². The van der Waals surface area contributed by atoms with Crippen molar-refractivity contribution in [1.29, 1.82) is 0 Å². The van der Waals surface area contributed by atoms with Gasteiger partial charge in [0.05, 0.1) is 12.3 Å². The van der Waals surface area contributed by atoms with Crippen molar-refractivity contribution in [2.45, 2.75) is 6.61 Å². The van der Waals surface area contributed by atoms with E-state index in [1.165, 1.54) is 0 Å². The predicted octanol–water partition coefficient (Wildman–Crippen LogP) is 4.28. The van der Waals surface area contributed by atoms with Gasteiger partial charge in [0.2, 0.25) is 0 Å². The molecule has 3 rings (SSSR count). The molecule has 0 spiro atoms. The fraction of sp³-hybridized carbons (Fsp3) is 0.111. The molecule has 1 heterocycles. The summed E-state index contributed by atoms with van der Waals surface area (Å²) in [5.74, 6) is 0.750. The van der Waals surface area contributed by atoms with Gasteiger partial charge in [0, 0.05) is 7.11 Å². The van der Waals surface area contributed by atoms with Crippen LogP contribution in [0.2, 0.25) is 5.02 Å². The first-order valence-corrected chi connectivity index (χ1v) is 7.92. The number of carbonyl (C=O) groups excluding carboxylic acids is 1. The van der Waals surface area contributed by atoms with E-state index in [0.29, 0.717) is 22.3 Å². The molecule has 25 heavy (non-hydrogen) atoms. The van der Waals surface area contributed by atoms with Crippen molar-refractivity contribution in [1.82, 2.24) is 9.78 Å². The van der Waals surface area contributed by atoms with E-state index in [9.17, 15) is 4.79 Å². The lowest BCUT2D eigenvalue weighted by Crippen LogP contribution is -2.19. The molecule has 1 N–H and O–H groups in total. The Labute approximate surface area is 149 Å². The molecular weight excluding hydrogens is 342 g/mol. The number of ether oxygens (including phenoxy) is 2. The topological polar surface area (TPSA) is 65.4 Å². The Kier molecular flexibility index (Phi) is 5.33. The summed E-state index contributed by atoms with van der Waals surface area (Å²) in [5, 5.41) is 7.38. The molecule has 128 valence electrons. The van der Waals surface area contributed by atoms with Crippen LogP contribution >= 0.6 is 11.6 Å². The fourth-order valence-corrected chi connectivity index (χ4v) is 2.47. The Hall–Kier alpha value is -2.83. The Balaban J connectivity index is 1.90. The Morgan fingerprint density at radius 2 is 1.76 bits per heavy atom. The number of nitrogens with zero attached hydrogens (tertiary/aromatic N) is 2. The zero-order valence-electron chi connectivity index (χ0n) is 13.5. The van der Waals surface area contributed by atoms with Crippen molar-refractivity contribution in [2.24, 2.45) is 0 Å². The van der Waals surface area contributed by atoms with Gasteiger partial charge in [-0.2, -0.15) is 5.10 Å². The van der Waals surface area contributed by atoms with Gasteiger partial charge in [0.1, 0.15) is 16.5 Å².